The number of ether oxygens (including phenoxy) is 2. The first-order valence-electron chi connectivity index (χ1n) is 10.1. The van der Waals surface area contributed by atoms with Crippen molar-refractivity contribution in [3.63, 3.8) is 0 Å². The molecule has 1 N–H and O–H groups in total. The fraction of sp³-hybridized carbons (Fsp3) is 0.269. The summed E-state index contributed by atoms with van der Waals surface area (Å²) in [4.78, 5) is 12.4. The van der Waals surface area contributed by atoms with Gasteiger partial charge in [-0.05, 0) is 36.5 Å². The summed E-state index contributed by atoms with van der Waals surface area (Å²) >= 11 is 0. The molecular weight excluding hydrogens is 376 g/mol. The van der Waals surface area contributed by atoms with Gasteiger partial charge in [-0.2, -0.15) is 0 Å². The molecule has 3 aromatic rings. The summed E-state index contributed by atoms with van der Waals surface area (Å²) in [7, 11) is 1.27. The molecule has 0 amide bonds. The second-order valence-electron chi connectivity index (χ2n) is 7.33. The lowest BCUT2D eigenvalue weighted by Crippen LogP contribution is -2.48. The first-order valence-corrected chi connectivity index (χ1v) is 10.1. The van der Waals surface area contributed by atoms with Crippen molar-refractivity contribution in [3.05, 3.63) is 107 Å². The molecule has 1 atom stereocenters. The lowest BCUT2D eigenvalue weighted by atomic mass is 9.81. The van der Waals surface area contributed by atoms with Gasteiger partial charge in [-0.3, -0.25) is 0 Å². The Morgan fingerprint density at radius 3 is 1.93 bits per heavy atom. The minimum absolute atomic E-state index is 0.367. The monoisotopic (exact) mass is 404 g/mol. The molecule has 0 fully saturated rings. The lowest BCUT2D eigenvalue weighted by Gasteiger charge is -2.37. The lowest BCUT2D eigenvalue weighted by molar-refractivity contribution is -0.171. The van der Waals surface area contributed by atoms with E-state index in [1.807, 2.05) is 60.7 Å². The molecule has 0 aliphatic rings. The molecule has 156 valence electrons. The number of carbonyl (C=O) groups is 1. The Morgan fingerprint density at radius 2 is 1.43 bits per heavy atom. The maximum Gasteiger partial charge on any atom is 0.338 e. The minimum atomic E-state index is -1.51. The van der Waals surface area contributed by atoms with Crippen LogP contribution >= 0.6 is 0 Å². The van der Waals surface area contributed by atoms with Crippen LogP contribution in [0.4, 0.5) is 0 Å². The second-order valence-corrected chi connectivity index (χ2v) is 7.33. The van der Waals surface area contributed by atoms with Gasteiger partial charge in [-0.1, -0.05) is 90.5 Å². The molecule has 30 heavy (non-hydrogen) atoms. The number of hydrogen-bond acceptors (Lipinski definition) is 4. The molecule has 4 nitrogen and oxygen atoms in total. The Hall–Kier alpha value is -2.95. The smallest absolute Gasteiger partial charge is 0.338 e. The van der Waals surface area contributed by atoms with Crippen LogP contribution in [0.25, 0.3) is 0 Å². The van der Waals surface area contributed by atoms with E-state index < -0.39 is 17.7 Å². The summed E-state index contributed by atoms with van der Waals surface area (Å²) in [6.07, 6.45) is 0.0822. The number of carbonyl (C=O) groups excluding carboxylic acids is 1. The fourth-order valence-electron chi connectivity index (χ4n) is 3.64. The van der Waals surface area contributed by atoms with Crippen LogP contribution in [-0.4, -0.2) is 30.9 Å². The Balaban J connectivity index is 1.91. The minimum Gasteiger partial charge on any atom is -0.467 e. The molecule has 0 aliphatic carbocycles. The highest BCUT2D eigenvalue weighted by Gasteiger charge is 2.47. The largest absolute Gasteiger partial charge is 0.467 e. The van der Waals surface area contributed by atoms with Crippen LogP contribution in [0.1, 0.15) is 28.7 Å². The molecule has 0 spiro atoms. The van der Waals surface area contributed by atoms with E-state index in [0.29, 0.717) is 17.7 Å². The Morgan fingerprint density at radius 1 is 0.900 bits per heavy atom. The maximum atomic E-state index is 12.4. The summed E-state index contributed by atoms with van der Waals surface area (Å²) in [5, 5.41) is 11.1. The van der Waals surface area contributed by atoms with Gasteiger partial charge in [0.2, 0.25) is 0 Å². The number of benzene rings is 3. The maximum absolute atomic E-state index is 12.4. The van der Waals surface area contributed by atoms with E-state index in [1.165, 1.54) is 18.2 Å². The third-order valence-electron chi connectivity index (χ3n) is 5.27. The van der Waals surface area contributed by atoms with E-state index in [9.17, 15) is 9.90 Å². The van der Waals surface area contributed by atoms with Gasteiger partial charge in [0.25, 0.3) is 0 Å². The van der Waals surface area contributed by atoms with Crippen molar-refractivity contribution in [2.45, 2.75) is 31.5 Å². The zero-order valence-electron chi connectivity index (χ0n) is 17.5. The average molecular weight is 405 g/mol. The van der Waals surface area contributed by atoms with Gasteiger partial charge in [-0.15, -0.1) is 0 Å². The zero-order valence-corrected chi connectivity index (χ0v) is 17.5. The van der Waals surface area contributed by atoms with Gasteiger partial charge < -0.3 is 14.6 Å². The quantitative estimate of drug-likeness (QED) is 0.424. The highest BCUT2D eigenvalue weighted by atomic mass is 16.6. The van der Waals surface area contributed by atoms with Crippen molar-refractivity contribution in [2.24, 2.45) is 0 Å². The van der Waals surface area contributed by atoms with E-state index in [2.05, 4.69) is 31.2 Å². The SMILES string of the molecule is COC(=O)C(O)C(OCCCc1ccc(C)cc1)(c1ccccc1)c1ccccc1. The van der Waals surface area contributed by atoms with Crippen molar-refractivity contribution in [1.82, 2.24) is 0 Å². The number of aryl methyl sites for hydroxylation is 2. The van der Waals surface area contributed by atoms with Crippen LogP contribution in [0.3, 0.4) is 0 Å². The standard InChI is InChI=1S/C26H28O4/c1-20-15-17-21(18-16-20)10-9-19-30-26(24(27)25(28)29-2,22-11-5-3-6-12-22)23-13-7-4-8-14-23/h3-8,11-18,24,27H,9-10,19H2,1-2H3. The molecular formula is C26H28O4. The molecule has 1 unspecified atom stereocenters. The highest BCUT2D eigenvalue weighted by molar-refractivity contribution is 5.77. The first kappa shape index (κ1) is 21.8. The van der Waals surface area contributed by atoms with E-state index in [1.54, 1.807) is 0 Å². The van der Waals surface area contributed by atoms with E-state index in [0.717, 1.165) is 12.8 Å². The predicted octanol–water partition coefficient (Wildman–Crippen LogP) is 4.42. The Kier molecular flexibility index (Phi) is 7.39. The van der Waals surface area contributed by atoms with Crippen molar-refractivity contribution in [2.75, 3.05) is 13.7 Å². The van der Waals surface area contributed by atoms with Gasteiger partial charge in [0.05, 0.1) is 7.11 Å². The predicted molar refractivity (Wildman–Crippen MR) is 117 cm³/mol. The van der Waals surface area contributed by atoms with Gasteiger partial charge in [0.15, 0.2) is 11.7 Å². The van der Waals surface area contributed by atoms with Crippen molar-refractivity contribution in [1.29, 1.82) is 0 Å². The molecule has 0 heterocycles. The first-order chi connectivity index (χ1) is 14.6. The van der Waals surface area contributed by atoms with E-state index in [4.69, 9.17) is 9.47 Å². The number of aliphatic hydroxyl groups is 1. The normalized spacial score (nSPS) is 12.4. The second kappa shape index (κ2) is 10.2. The van der Waals surface area contributed by atoms with Crippen LogP contribution in [0.5, 0.6) is 0 Å². The average Bonchev–Trinajstić information content (AvgIpc) is 2.80. The van der Waals surface area contributed by atoms with Crippen LogP contribution in [0.2, 0.25) is 0 Å². The van der Waals surface area contributed by atoms with Crippen LogP contribution in [0, 0.1) is 6.92 Å². The molecule has 0 aromatic heterocycles. The fourth-order valence-corrected chi connectivity index (χ4v) is 3.64. The molecule has 4 heteroatoms. The topological polar surface area (TPSA) is 55.8 Å². The van der Waals surface area contributed by atoms with E-state index in [-0.39, 0.29) is 0 Å². The van der Waals surface area contributed by atoms with Gasteiger partial charge >= 0.3 is 5.97 Å². The number of aliphatic hydroxyl groups excluding tert-OH is 1. The molecule has 0 saturated carbocycles. The Bertz CT molecular complexity index is 881. The molecule has 0 aliphatic heterocycles. The molecule has 0 radical (unpaired) electrons. The zero-order chi connectivity index (χ0) is 21.4. The molecule has 0 bridgehead atoms. The number of rotatable bonds is 9. The summed E-state index contributed by atoms with van der Waals surface area (Å²) in [6, 6.07) is 27.1. The number of hydrogen-bond donors (Lipinski definition) is 1. The van der Waals surface area contributed by atoms with Crippen molar-refractivity contribution in [3.8, 4) is 0 Å². The van der Waals surface area contributed by atoms with Crippen LogP contribution in [0.15, 0.2) is 84.9 Å². The van der Waals surface area contributed by atoms with Crippen molar-refractivity contribution < 1.29 is 19.4 Å². The summed E-state index contributed by atoms with van der Waals surface area (Å²) in [6.45, 7) is 2.43. The van der Waals surface area contributed by atoms with Crippen LogP contribution in [-0.2, 0) is 26.3 Å². The Labute approximate surface area is 178 Å². The van der Waals surface area contributed by atoms with Crippen molar-refractivity contribution >= 4 is 5.97 Å². The third kappa shape index (κ3) is 4.78. The third-order valence-corrected chi connectivity index (χ3v) is 5.27. The number of esters is 1. The highest BCUT2D eigenvalue weighted by Crippen LogP contribution is 2.38. The summed E-state index contributed by atoms with van der Waals surface area (Å²) in [5.41, 5.74) is 2.49. The molecule has 0 saturated heterocycles. The summed E-state index contributed by atoms with van der Waals surface area (Å²) in [5.74, 6) is -0.735. The van der Waals surface area contributed by atoms with Crippen LogP contribution < -0.4 is 0 Å². The van der Waals surface area contributed by atoms with Gasteiger partial charge in [0, 0.05) is 6.61 Å². The number of methoxy groups -OCH3 is 1. The van der Waals surface area contributed by atoms with Gasteiger partial charge in [0.1, 0.15) is 0 Å². The van der Waals surface area contributed by atoms with E-state index >= 15 is 0 Å². The summed E-state index contributed by atoms with van der Waals surface area (Å²) < 4.78 is 11.3. The molecule has 3 aromatic carbocycles. The molecule has 3 rings (SSSR count). The van der Waals surface area contributed by atoms with Gasteiger partial charge in [-0.25, -0.2) is 4.79 Å².